The van der Waals surface area contributed by atoms with Crippen LogP contribution in [0.5, 0.6) is 5.75 Å². The normalized spacial score (nSPS) is 10.8. The third kappa shape index (κ3) is 2.17. The molecule has 4 nitrogen and oxygen atoms in total. The van der Waals surface area contributed by atoms with Crippen molar-refractivity contribution in [3.63, 3.8) is 0 Å². The van der Waals surface area contributed by atoms with Crippen LogP contribution in [0, 0.1) is 0 Å². The maximum atomic E-state index is 11.6. The summed E-state index contributed by atoms with van der Waals surface area (Å²) in [6.07, 6.45) is 0. The number of nitrogens with two attached hydrogens (primary N) is 1. The molecule has 0 fully saturated rings. The van der Waals surface area contributed by atoms with Crippen molar-refractivity contribution in [2.24, 2.45) is 5.73 Å². The van der Waals surface area contributed by atoms with Crippen molar-refractivity contribution >= 4 is 39.2 Å². The van der Waals surface area contributed by atoms with E-state index < -0.39 is 5.91 Å². The molecular formula is C14H12N2O2S2. The van der Waals surface area contributed by atoms with Gasteiger partial charge in [-0.1, -0.05) is 23.9 Å². The lowest BCUT2D eigenvalue weighted by atomic mass is 10.3. The number of H-pyrrole nitrogens is 1. The van der Waals surface area contributed by atoms with Gasteiger partial charge in [0, 0.05) is 5.39 Å². The van der Waals surface area contributed by atoms with Crippen molar-refractivity contribution in [1.29, 1.82) is 0 Å². The third-order valence-electron chi connectivity index (χ3n) is 2.90. The van der Waals surface area contributed by atoms with Crippen LogP contribution in [-0.2, 0) is 0 Å². The summed E-state index contributed by atoms with van der Waals surface area (Å²) in [5, 5.41) is 3.00. The number of ether oxygens (including phenoxy) is 1. The Morgan fingerprint density at radius 1 is 1.35 bits per heavy atom. The maximum absolute atomic E-state index is 11.6. The van der Waals surface area contributed by atoms with Gasteiger partial charge in [-0.25, -0.2) is 0 Å². The van der Waals surface area contributed by atoms with E-state index in [4.69, 9.17) is 10.5 Å². The standard InChI is InChI=1S/C14H12N2O2S2/c1-18-9-4-2-3-5-10(9)20-12-8-6-7-19-14(8)16-11(12)13(15)17/h2-7,16H,1H3,(H2,15,17). The maximum Gasteiger partial charge on any atom is 0.266 e. The number of amides is 1. The first-order chi connectivity index (χ1) is 9.70. The third-order valence-corrected chi connectivity index (χ3v) is 4.92. The number of aromatic amines is 1. The largest absolute Gasteiger partial charge is 0.496 e. The zero-order chi connectivity index (χ0) is 14.1. The molecule has 0 spiro atoms. The van der Waals surface area contributed by atoms with Gasteiger partial charge in [0.25, 0.3) is 5.91 Å². The molecule has 0 aliphatic rings. The van der Waals surface area contributed by atoms with Crippen LogP contribution in [0.1, 0.15) is 10.5 Å². The van der Waals surface area contributed by atoms with Crippen molar-refractivity contribution in [2.75, 3.05) is 7.11 Å². The minimum Gasteiger partial charge on any atom is -0.496 e. The average molecular weight is 304 g/mol. The molecule has 3 N–H and O–H groups in total. The van der Waals surface area contributed by atoms with E-state index in [-0.39, 0.29) is 0 Å². The lowest BCUT2D eigenvalue weighted by Gasteiger charge is -2.07. The van der Waals surface area contributed by atoms with Gasteiger partial charge in [0.15, 0.2) is 0 Å². The van der Waals surface area contributed by atoms with Crippen LogP contribution in [0.25, 0.3) is 10.2 Å². The zero-order valence-electron chi connectivity index (χ0n) is 10.7. The molecule has 0 aliphatic heterocycles. The number of benzene rings is 1. The number of para-hydroxylation sites is 1. The van der Waals surface area contributed by atoms with E-state index in [9.17, 15) is 4.79 Å². The van der Waals surface area contributed by atoms with Crippen LogP contribution < -0.4 is 10.5 Å². The van der Waals surface area contributed by atoms with Crippen LogP contribution in [0.2, 0.25) is 0 Å². The van der Waals surface area contributed by atoms with Crippen molar-refractivity contribution in [3.8, 4) is 5.75 Å². The fraction of sp³-hybridized carbons (Fsp3) is 0.0714. The molecule has 20 heavy (non-hydrogen) atoms. The molecule has 0 saturated carbocycles. The minimum atomic E-state index is -0.453. The van der Waals surface area contributed by atoms with E-state index in [1.807, 2.05) is 35.7 Å². The highest BCUT2D eigenvalue weighted by Crippen LogP contribution is 2.41. The van der Waals surface area contributed by atoms with Gasteiger partial charge in [-0.3, -0.25) is 4.79 Å². The summed E-state index contributed by atoms with van der Waals surface area (Å²) in [5.74, 6) is 0.322. The first-order valence-electron chi connectivity index (χ1n) is 5.90. The Morgan fingerprint density at radius 2 is 2.15 bits per heavy atom. The number of rotatable bonds is 4. The summed E-state index contributed by atoms with van der Waals surface area (Å²) in [5.41, 5.74) is 5.90. The lowest BCUT2D eigenvalue weighted by molar-refractivity contribution is 0.0993. The summed E-state index contributed by atoms with van der Waals surface area (Å²) in [7, 11) is 1.63. The van der Waals surface area contributed by atoms with Crippen molar-refractivity contribution in [3.05, 3.63) is 41.4 Å². The van der Waals surface area contributed by atoms with Gasteiger partial charge in [-0.05, 0) is 23.6 Å². The number of carbonyl (C=O) groups is 1. The molecule has 0 radical (unpaired) electrons. The second-order valence-corrected chi connectivity index (χ2v) is 6.08. The van der Waals surface area contributed by atoms with Crippen LogP contribution in [-0.4, -0.2) is 18.0 Å². The van der Waals surface area contributed by atoms with Crippen molar-refractivity contribution in [1.82, 2.24) is 4.98 Å². The first-order valence-corrected chi connectivity index (χ1v) is 7.60. The topological polar surface area (TPSA) is 68.1 Å². The summed E-state index contributed by atoms with van der Waals surface area (Å²) in [6.45, 7) is 0. The Hall–Kier alpha value is -1.92. The number of thiophene rings is 1. The van der Waals surface area contributed by atoms with Gasteiger partial charge in [0.2, 0.25) is 0 Å². The molecule has 1 aromatic carbocycles. The highest BCUT2D eigenvalue weighted by molar-refractivity contribution is 7.99. The predicted molar refractivity (Wildman–Crippen MR) is 81.8 cm³/mol. The Kier molecular flexibility index (Phi) is 3.42. The van der Waals surface area contributed by atoms with Gasteiger partial charge in [-0.2, -0.15) is 0 Å². The Bertz CT molecular complexity index is 776. The highest BCUT2D eigenvalue weighted by Gasteiger charge is 2.18. The Morgan fingerprint density at radius 3 is 2.90 bits per heavy atom. The molecule has 0 unspecified atom stereocenters. The average Bonchev–Trinajstić information content (AvgIpc) is 3.02. The van der Waals surface area contributed by atoms with Crippen LogP contribution in [0.15, 0.2) is 45.5 Å². The number of primary amides is 1. The molecule has 2 heterocycles. The first kappa shape index (κ1) is 13.1. The number of hydrogen-bond acceptors (Lipinski definition) is 4. The number of fused-ring (bicyclic) bond motifs is 1. The highest BCUT2D eigenvalue weighted by atomic mass is 32.2. The Labute approximate surface area is 123 Å². The van der Waals surface area contributed by atoms with E-state index in [0.717, 1.165) is 25.8 Å². The summed E-state index contributed by atoms with van der Waals surface area (Å²) in [4.78, 5) is 17.4. The van der Waals surface area contributed by atoms with Crippen LogP contribution in [0.4, 0.5) is 0 Å². The van der Waals surface area contributed by atoms with E-state index >= 15 is 0 Å². The number of carbonyl (C=O) groups excluding carboxylic acids is 1. The molecule has 0 saturated heterocycles. The fourth-order valence-electron chi connectivity index (χ4n) is 1.98. The van der Waals surface area contributed by atoms with E-state index in [1.54, 1.807) is 18.4 Å². The predicted octanol–water partition coefficient (Wildman–Crippen LogP) is 3.49. The molecule has 3 aromatic rings. The van der Waals surface area contributed by atoms with Crippen LogP contribution in [0.3, 0.4) is 0 Å². The molecule has 6 heteroatoms. The second kappa shape index (κ2) is 5.22. The molecule has 0 aliphatic carbocycles. The summed E-state index contributed by atoms with van der Waals surface area (Å²) in [6, 6.07) is 9.69. The van der Waals surface area contributed by atoms with Crippen molar-refractivity contribution in [2.45, 2.75) is 9.79 Å². The van der Waals surface area contributed by atoms with Gasteiger partial charge in [-0.15, -0.1) is 11.3 Å². The number of nitrogens with one attached hydrogen (secondary N) is 1. The quantitative estimate of drug-likeness (QED) is 0.775. The lowest BCUT2D eigenvalue weighted by Crippen LogP contribution is -2.12. The Balaban J connectivity index is 2.11. The zero-order valence-corrected chi connectivity index (χ0v) is 12.3. The minimum absolute atomic E-state index is 0.447. The van der Waals surface area contributed by atoms with Crippen molar-refractivity contribution < 1.29 is 9.53 Å². The number of aromatic nitrogens is 1. The van der Waals surface area contributed by atoms with E-state index in [2.05, 4.69) is 4.98 Å². The molecule has 2 aromatic heterocycles. The number of methoxy groups -OCH3 is 1. The molecule has 0 bridgehead atoms. The number of hydrogen-bond donors (Lipinski definition) is 2. The summed E-state index contributed by atoms with van der Waals surface area (Å²) >= 11 is 3.04. The molecule has 1 amide bonds. The van der Waals surface area contributed by atoms with Crippen LogP contribution >= 0.6 is 23.1 Å². The molecule has 102 valence electrons. The van der Waals surface area contributed by atoms with Gasteiger partial charge in [0.05, 0.1) is 16.9 Å². The second-order valence-electron chi connectivity index (χ2n) is 4.11. The summed E-state index contributed by atoms with van der Waals surface area (Å²) < 4.78 is 5.34. The van der Waals surface area contributed by atoms with Gasteiger partial charge >= 0.3 is 0 Å². The smallest absolute Gasteiger partial charge is 0.266 e. The van der Waals surface area contributed by atoms with E-state index in [1.165, 1.54) is 11.8 Å². The van der Waals surface area contributed by atoms with Gasteiger partial charge < -0.3 is 15.5 Å². The molecule has 3 rings (SSSR count). The molecular weight excluding hydrogens is 292 g/mol. The monoisotopic (exact) mass is 304 g/mol. The van der Waals surface area contributed by atoms with Gasteiger partial charge in [0.1, 0.15) is 16.3 Å². The van der Waals surface area contributed by atoms with E-state index in [0.29, 0.717) is 5.69 Å². The SMILES string of the molecule is COc1ccccc1Sc1c(C(N)=O)[nH]c2sccc12. The molecule has 0 atom stereocenters. The fourth-order valence-corrected chi connectivity index (χ4v) is 4.00.